The van der Waals surface area contributed by atoms with Crippen molar-refractivity contribution < 1.29 is 32.6 Å². The number of hydrogen-bond donors (Lipinski definition) is 3. The van der Waals surface area contributed by atoms with Gasteiger partial charge in [0.25, 0.3) is 0 Å². The van der Waals surface area contributed by atoms with Crippen molar-refractivity contribution in [1.82, 2.24) is 15.5 Å². The van der Waals surface area contributed by atoms with Gasteiger partial charge in [0.1, 0.15) is 5.75 Å². The molecule has 2 rings (SSSR count). The summed E-state index contributed by atoms with van der Waals surface area (Å²) in [5.74, 6) is -0.429. The van der Waals surface area contributed by atoms with Gasteiger partial charge in [0, 0.05) is 26.1 Å². The first-order chi connectivity index (χ1) is 13.2. The van der Waals surface area contributed by atoms with Gasteiger partial charge in [0.15, 0.2) is 0 Å². The van der Waals surface area contributed by atoms with Gasteiger partial charge in [0.2, 0.25) is 5.91 Å². The van der Waals surface area contributed by atoms with Crippen LogP contribution in [0.2, 0.25) is 0 Å². The number of piperidine rings is 1. The maximum Gasteiger partial charge on any atom is 0.573 e. The standard InChI is InChI=1S/C18H24F3N3O4/c1-22-16(25)10-15(23-17(26)27)13-6-8-24(9-7-13)11-12-2-4-14(5-3-12)28-18(19,20)21/h2-5,13,15,23H,6-11H2,1H3,(H,22,25)(H,26,27). The fraction of sp³-hybridized carbons (Fsp3) is 0.556. The molecule has 0 saturated carbocycles. The third-order valence-electron chi connectivity index (χ3n) is 4.76. The van der Waals surface area contributed by atoms with Crippen LogP contribution in [0.5, 0.6) is 5.75 Å². The second kappa shape index (κ2) is 9.63. The second-order valence-corrected chi connectivity index (χ2v) is 6.74. The molecule has 0 bridgehead atoms. The molecule has 156 valence electrons. The SMILES string of the molecule is CNC(=O)CC(NC(=O)O)C1CCN(Cc2ccc(OC(F)(F)F)cc2)CC1. The van der Waals surface area contributed by atoms with Gasteiger partial charge >= 0.3 is 12.5 Å². The van der Waals surface area contributed by atoms with E-state index in [4.69, 9.17) is 5.11 Å². The monoisotopic (exact) mass is 403 g/mol. The molecule has 0 aliphatic carbocycles. The lowest BCUT2D eigenvalue weighted by atomic mass is 9.87. The normalized spacial score (nSPS) is 17.0. The van der Waals surface area contributed by atoms with Crippen LogP contribution in [-0.4, -0.2) is 54.5 Å². The molecule has 0 radical (unpaired) electrons. The fourth-order valence-electron chi connectivity index (χ4n) is 3.36. The lowest BCUT2D eigenvalue weighted by Gasteiger charge is -2.35. The van der Waals surface area contributed by atoms with Gasteiger partial charge in [-0.2, -0.15) is 0 Å². The van der Waals surface area contributed by atoms with Crippen molar-refractivity contribution in [3.05, 3.63) is 29.8 Å². The molecule has 1 unspecified atom stereocenters. The van der Waals surface area contributed by atoms with Crippen LogP contribution in [0.25, 0.3) is 0 Å². The van der Waals surface area contributed by atoms with E-state index in [-0.39, 0.29) is 24.0 Å². The lowest BCUT2D eigenvalue weighted by Crippen LogP contribution is -2.46. The third-order valence-corrected chi connectivity index (χ3v) is 4.76. The van der Waals surface area contributed by atoms with Crippen LogP contribution in [0.1, 0.15) is 24.8 Å². The summed E-state index contributed by atoms with van der Waals surface area (Å²) < 4.78 is 40.5. The molecule has 1 atom stereocenters. The van der Waals surface area contributed by atoms with Gasteiger partial charge in [-0.1, -0.05) is 12.1 Å². The molecule has 1 saturated heterocycles. The summed E-state index contributed by atoms with van der Waals surface area (Å²) in [6.45, 7) is 1.99. The number of carbonyl (C=O) groups is 2. The van der Waals surface area contributed by atoms with E-state index in [0.29, 0.717) is 19.6 Å². The first-order valence-electron chi connectivity index (χ1n) is 8.93. The molecule has 28 heavy (non-hydrogen) atoms. The number of ether oxygens (including phenoxy) is 1. The smallest absolute Gasteiger partial charge is 0.465 e. The Labute approximate surface area is 160 Å². The number of benzene rings is 1. The number of amides is 2. The number of alkyl halides is 3. The minimum atomic E-state index is -4.71. The largest absolute Gasteiger partial charge is 0.573 e. The summed E-state index contributed by atoms with van der Waals surface area (Å²) in [7, 11) is 1.51. The minimum Gasteiger partial charge on any atom is -0.465 e. The van der Waals surface area contributed by atoms with Crippen LogP contribution in [-0.2, 0) is 11.3 Å². The van der Waals surface area contributed by atoms with E-state index in [9.17, 15) is 22.8 Å². The number of rotatable bonds is 7. The zero-order valence-electron chi connectivity index (χ0n) is 15.5. The van der Waals surface area contributed by atoms with Crippen molar-refractivity contribution in [1.29, 1.82) is 0 Å². The Hall–Kier alpha value is -2.49. The molecule has 1 aromatic carbocycles. The summed E-state index contributed by atoms with van der Waals surface area (Å²) in [6, 6.07) is 5.30. The molecule has 0 aromatic heterocycles. The molecule has 7 nitrogen and oxygen atoms in total. The summed E-state index contributed by atoms with van der Waals surface area (Å²) in [4.78, 5) is 24.8. The van der Waals surface area contributed by atoms with Crippen LogP contribution < -0.4 is 15.4 Å². The van der Waals surface area contributed by atoms with Gasteiger partial charge < -0.3 is 20.5 Å². The minimum absolute atomic E-state index is 0.0483. The molecular formula is C18H24F3N3O4. The number of nitrogens with one attached hydrogen (secondary N) is 2. The quantitative estimate of drug-likeness (QED) is 0.651. The number of halogens is 3. The van der Waals surface area contributed by atoms with Crippen LogP contribution in [0, 0.1) is 5.92 Å². The van der Waals surface area contributed by atoms with Gasteiger partial charge in [0.05, 0.1) is 0 Å². The molecule has 2 amide bonds. The number of carboxylic acid groups (broad SMARTS) is 1. The maximum atomic E-state index is 12.2. The Kier molecular flexibility index (Phi) is 7.50. The number of hydrogen-bond acceptors (Lipinski definition) is 4. The average Bonchev–Trinajstić information content (AvgIpc) is 2.62. The number of likely N-dealkylation sites (tertiary alicyclic amines) is 1. The Morgan fingerprint density at radius 2 is 1.86 bits per heavy atom. The Bertz CT molecular complexity index is 659. The number of carbonyl (C=O) groups excluding carboxylic acids is 1. The van der Waals surface area contributed by atoms with E-state index in [1.54, 1.807) is 12.1 Å². The summed E-state index contributed by atoms with van der Waals surface area (Å²) in [5, 5.41) is 13.9. The summed E-state index contributed by atoms with van der Waals surface area (Å²) in [5.41, 5.74) is 0.860. The summed E-state index contributed by atoms with van der Waals surface area (Å²) in [6.07, 6.45) is -4.33. The second-order valence-electron chi connectivity index (χ2n) is 6.74. The van der Waals surface area contributed by atoms with E-state index < -0.39 is 18.5 Å². The molecule has 3 N–H and O–H groups in total. The molecule has 1 aliphatic rings. The van der Waals surface area contributed by atoms with Crippen molar-refractivity contribution in [2.45, 2.75) is 38.2 Å². The van der Waals surface area contributed by atoms with Gasteiger partial charge in [-0.25, -0.2) is 4.79 Å². The van der Waals surface area contributed by atoms with E-state index in [1.807, 2.05) is 0 Å². The van der Waals surface area contributed by atoms with Crippen LogP contribution >= 0.6 is 0 Å². The van der Waals surface area contributed by atoms with E-state index in [1.165, 1.54) is 19.2 Å². The van der Waals surface area contributed by atoms with Gasteiger partial charge in [-0.15, -0.1) is 13.2 Å². The highest BCUT2D eigenvalue weighted by Crippen LogP contribution is 2.26. The van der Waals surface area contributed by atoms with E-state index in [2.05, 4.69) is 20.3 Å². The topological polar surface area (TPSA) is 90.9 Å². The van der Waals surface area contributed by atoms with Gasteiger partial charge in [-0.05, 0) is 49.5 Å². The Balaban J connectivity index is 1.86. The third kappa shape index (κ3) is 7.26. The summed E-state index contributed by atoms with van der Waals surface area (Å²) >= 11 is 0. The number of nitrogens with zero attached hydrogens (tertiary/aromatic N) is 1. The molecule has 1 aliphatic heterocycles. The molecule has 1 aromatic rings. The predicted molar refractivity (Wildman–Crippen MR) is 94.8 cm³/mol. The Morgan fingerprint density at radius 1 is 1.25 bits per heavy atom. The molecule has 0 spiro atoms. The van der Waals surface area contributed by atoms with E-state index in [0.717, 1.165) is 18.4 Å². The lowest BCUT2D eigenvalue weighted by molar-refractivity contribution is -0.274. The zero-order chi connectivity index (χ0) is 20.7. The predicted octanol–water partition coefficient (Wildman–Crippen LogP) is 2.57. The van der Waals surface area contributed by atoms with Crippen LogP contribution in [0.3, 0.4) is 0 Å². The van der Waals surface area contributed by atoms with Crippen molar-refractivity contribution in [3.63, 3.8) is 0 Å². The highest BCUT2D eigenvalue weighted by molar-refractivity contribution is 5.77. The molecule has 10 heteroatoms. The van der Waals surface area contributed by atoms with Crippen LogP contribution in [0.4, 0.5) is 18.0 Å². The highest BCUT2D eigenvalue weighted by atomic mass is 19.4. The van der Waals surface area contributed by atoms with Crippen LogP contribution in [0.15, 0.2) is 24.3 Å². The maximum absolute atomic E-state index is 12.2. The molecule has 1 fully saturated rings. The molecule has 1 heterocycles. The zero-order valence-corrected chi connectivity index (χ0v) is 15.5. The first kappa shape index (κ1) is 21.8. The Morgan fingerprint density at radius 3 is 2.36 bits per heavy atom. The van der Waals surface area contributed by atoms with Gasteiger partial charge in [-0.3, -0.25) is 9.69 Å². The molecular weight excluding hydrogens is 379 g/mol. The van der Waals surface area contributed by atoms with E-state index >= 15 is 0 Å². The van der Waals surface area contributed by atoms with Crippen molar-refractivity contribution in [3.8, 4) is 5.75 Å². The average molecular weight is 403 g/mol. The fourth-order valence-corrected chi connectivity index (χ4v) is 3.36. The van der Waals surface area contributed by atoms with Crippen molar-refractivity contribution in [2.24, 2.45) is 5.92 Å². The van der Waals surface area contributed by atoms with Crippen molar-refractivity contribution >= 4 is 12.0 Å². The first-order valence-corrected chi connectivity index (χ1v) is 8.93. The highest BCUT2D eigenvalue weighted by Gasteiger charge is 2.31. The van der Waals surface area contributed by atoms with Crippen molar-refractivity contribution in [2.75, 3.05) is 20.1 Å².